The third-order valence-corrected chi connectivity index (χ3v) is 5.32. The first-order valence-electron chi connectivity index (χ1n) is 9.84. The highest BCUT2D eigenvalue weighted by Crippen LogP contribution is 2.36. The molecule has 4 rings (SSSR count). The van der Waals surface area contributed by atoms with Crippen LogP contribution >= 0.6 is 0 Å². The van der Waals surface area contributed by atoms with E-state index in [4.69, 9.17) is 5.73 Å². The summed E-state index contributed by atoms with van der Waals surface area (Å²) in [6.07, 6.45) is -1.88. The van der Waals surface area contributed by atoms with Gasteiger partial charge in [-0.3, -0.25) is 14.3 Å². The standard InChI is InChI=1S/C21H19F3N6O3/c1-11-9-29(13-4-5-15(21(22,23)24)12(7-13)10-31)20(33)17-16(8-27-30(11)17)28-19(32)14-3-2-6-26-18(14)25/h2-8,11,31H,9-10H2,1H3,(H2,25,26)(H,28,32)/t11-/m0/s1. The number of anilines is 3. The Bertz CT molecular complexity index is 1240. The summed E-state index contributed by atoms with van der Waals surface area (Å²) < 4.78 is 41.0. The van der Waals surface area contributed by atoms with Gasteiger partial charge in [-0.1, -0.05) is 0 Å². The van der Waals surface area contributed by atoms with Crippen molar-refractivity contribution in [3.63, 3.8) is 0 Å². The molecule has 1 aliphatic rings. The first kappa shape index (κ1) is 22.3. The first-order valence-corrected chi connectivity index (χ1v) is 9.84. The van der Waals surface area contributed by atoms with E-state index in [1.165, 1.54) is 40.2 Å². The van der Waals surface area contributed by atoms with Crippen LogP contribution in [-0.2, 0) is 12.8 Å². The number of aromatic nitrogens is 3. The molecule has 3 aromatic rings. The van der Waals surface area contributed by atoms with E-state index in [1.54, 1.807) is 6.92 Å². The minimum absolute atomic E-state index is 0.0126. The second kappa shape index (κ2) is 8.20. The van der Waals surface area contributed by atoms with Crippen LogP contribution in [0.15, 0.2) is 42.7 Å². The van der Waals surface area contributed by atoms with Gasteiger partial charge in [0, 0.05) is 18.4 Å². The Hall–Kier alpha value is -3.93. The second-order valence-corrected chi connectivity index (χ2v) is 7.50. The summed E-state index contributed by atoms with van der Waals surface area (Å²) in [5, 5.41) is 16.2. The fourth-order valence-corrected chi connectivity index (χ4v) is 3.73. The summed E-state index contributed by atoms with van der Waals surface area (Å²) in [5.74, 6) is -1.14. The Balaban J connectivity index is 1.68. The molecule has 3 heterocycles. The Morgan fingerprint density at radius 2 is 2.09 bits per heavy atom. The van der Waals surface area contributed by atoms with Crippen LogP contribution in [0.3, 0.4) is 0 Å². The van der Waals surface area contributed by atoms with Crippen molar-refractivity contribution in [3.05, 3.63) is 65.1 Å². The molecule has 0 fully saturated rings. The molecule has 12 heteroatoms. The van der Waals surface area contributed by atoms with Gasteiger partial charge in [0.1, 0.15) is 5.82 Å². The molecule has 0 aliphatic carbocycles. The van der Waals surface area contributed by atoms with Gasteiger partial charge < -0.3 is 21.1 Å². The van der Waals surface area contributed by atoms with Crippen molar-refractivity contribution in [3.8, 4) is 0 Å². The van der Waals surface area contributed by atoms with Gasteiger partial charge in [0.25, 0.3) is 11.8 Å². The summed E-state index contributed by atoms with van der Waals surface area (Å²) in [7, 11) is 0. The molecule has 4 N–H and O–H groups in total. The maximum atomic E-state index is 13.3. The number of hydrogen-bond donors (Lipinski definition) is 3. The van der Waals surface area contributed by atoms with E-state index in [1.807, 2.05) is 0 Å². The van der Waals surface area contributed by atoms with Gasteiger partial charge in [-0.2, -0.15) is 18.3 Å². The minimum Gasteiger partial charge on any atom is -0.392 e. The van der Waals surface area contributed by atoms with Crippen molar-refractivity contribution < 1.29 is 27.9 Å². The number of amides is 2. The summed E-state index contributed by atoms with van der Waals surface area (Å²) >= 11 is 0. The maximum Gasteiger partial charge on any atom is 0.416 e. The fraction of sp³-hybridized carbons (Fsp3) is 0.238. The Labute approximate surface area is 185 Å². The van der Waals surface area contributed by atoms with E-state index in [-0.39, 0.29) is 46.6 Å². The van der Waals surface area contributed by atoms with Crippen LogP contribution in [0.5, 0.6) is 0 Å². The van der Waals surface area contributed by atoms with Gasteiger partial charge >= 0.3 is 6.18 Å². The van der Waals surface area contributed by atoms with Crippen molar-refractivity contribution >= 4 is 29.0 Å². The van der Waals surface area contributed by atoms with E-state index in [0.29, 0.717) is 0 Å². The van der Waals surface area contributed by atoms with E-state index in [9.17, 15) is 27.9 Å². The van der Waals surface area contributed by atoms with Gasteiger partial charge in [-0.25, -0.2) is 4.98 Å². The fourth-order valence-electron chi connectivity index (χ4n) is 3.73. The number of nitrogen functional groups attached to an aromatic ring is 1. The van der Waals surface area contributed by atoms with Crippen molar-refractivity contribution in [1.29, 1.82) is 0 Å². The lowest BCUT2D eigenvalue weighted by atomic mass is 10.0. The molecular formula is C21H19F3N6O3. The van der Waals surface area contributed by atoms with Crippen LogP contribution < -0.4 is 16.0 Å². The molecule has 0 radical (unpaired) electrons. The van der Waals surface area contributed by atoms with Crippen LogP contribution in [0, 0.1) is 0 Å². The molecule has 1 aromatic carbocycles. The molecule has 0 saturated carbocycles. The molecule has 33 heavy (non-hydrogen) atoms. The largest absolute Gasteiger partial charge is 0.416 e. The number of halogens is 3. The number of benzene rings is 1. The summed E-state index contributed by atoms with van der Waals surface area (Å²) in [6.45, 7) is 1.07. The third kappa shape index (κ3) is 4.00. The predicted molar refractivity (Wildman–Crippen MR) is 113 cm³/mol. The van der Waals surface area contributed by atoms with Crippen molar-refractivity contribution in [2.45, 2.75) is 25.7 Å². The van der Waals surface area contributed by atoms with Crippen LogP contribution in [0.25, 0.3) is 0 Å². The molecule has 0 spiro atoms. The Kier molecular flexibility index (Phi) is 5.54. The normalized spacial score (nSPS) is 16.0. The molecule has 1 aliphatic heterocycles. The van der Waals surface area contributed by atoms with Crippen molar-refractivity contribution in [2.24, 2.45) is 0 Å². The number of hydrogen-bond acceptors (Lipinski definition) is 6. The number of fused-ring (bicyclic) bond motifs is 1. The van der Waals surface area contributed by atoms with E-state index < -0.39 is 30.2 Å². The summed E-state index contributed by atoms with van der Waals surface area (Å²) in [6, 6.07) is 5.81. The van der Waals surface area contributed by atoms with Gasteiger partial charge in [0.15, 0.2) is 5.69 Å². The van der Waals surface area contributed by atoms with Crippen LogP contribution in [0.4, 0.5) is 30.4 Å². The molecule has 0 bridgehead atoms. The Morgan fingerprint density at radius 1 is 1.33 bits per heavy atom. The van der Waals surface area contributed by atoms with Gasteiger partial charge in [-0.05, 0) is 42.8 Å². The minimum atomic E-state index is -4.64. The number of nitrogens with zero attached hydrogens (tertiary/aromatic N) is 4. The second-order valence-electron chi connectivity index (χ2n) is 7.50. The smallest absolute Gasteiger partial charge is 0.392 e. The topological polar surface area (TPSA) is 126 Å². The zero-order valence-corrected chi connectivity index (χ0v) is 17.3. The molecule has 1 atom stereocenters. The van der Waals surface area contributed by atoms with Gasteiger partial charge in [0.05, 0.1) is 35.7 Å². The molecule has 0 saturated heterocycles. The van der Waals surface area contributed by atoms with Crippen molar-refractivity contribution in [1.82, 2.24) is 14.8 Å². The number of carbonyl (C=O) groups excluding carboxylic acids is 2. The number of alkyl halides is 3. The summed E-state index contributed by atoms with van der Waals surface area (Å²) in [4.78, 5) is 31.1. The van der Waals surface area contributed by atoms with Gasteiger partial charge in [0.2, 0.25) is 0 Å². The number of nitrogens with two attached hydrogens (primary N) is 1. The highest BCUT2D eigenvalue weighted by molar-refractivity contribution is 6.14. The Morgan fingerprint density at radius 3 is 2.76 bits per heavy atom. The average Bonchev–Trinajstić information content (AvgIpc) is 3.19. The lowest BCUT2D eigenvalue weighted by Gasteiger charge is -2.32. The number of nitrogens with one attached hydrogen (secondary N) is 1. The average molecular weight is 460 g/mol. The highest BCUT2D eigenvalue weighted by Gasteiger charge is 2.36. The molecule has 172 valence electrons. The van der Waals surface area contributed by atoms with E-state index >= 15 is 0 Å². The molecule has 2 aromatic heterocycles. The zero-order chi connectivity index (χ0) is 23.9. The van der Waals surface area contributed by atoms with Crippen molar-refractivity contribution in [2.75, 3.05) is 22.5 Å². The van der Waals surface area contributed by atoms with Crippen LogP contribution in [0.2, 0.25) is 0 Å². The molecule has 9 nitrogen and oxygen atoms in total. The number of aliphatic hydroxyl groups is 1. The lowest BCUT2D eigenvalue weighted by molar-refractivity contribution is -0.138. The number of rotatable bonds is 4. The molecule has 2 amide bonds. The van der Waals surface area contributed by atoms with E-state index in [0.717, 1.165) is 12.1 Å². The summed E-state index contributed by atoms with van der Waals surface area (Å²) in [5.41, 5.74) is 4.90. The maximum absolute atomic E-state index is 13.3. The first-order chi connectivity index (χ1) is 15.6. The van der Waals surface area contributed by atoms with Crippen LogP contribution in [0.1, 0.15) is 44.9 Å². The quantitative estimate of drug-likeness (QED) is 0.550. The molecular weight excluding hydrogens is 441 g/mol. The SMILES string of the molecule is C[C@H]1CN(c2ccc(C(F)(F)F)c(CO)c2)C(=O)c2c(NC(=O)c3cccnc3N)cnn21. The predicted octanol–water partition coefficient (Wildman–Crippen LogP) is 2.85. The lowest BCUT2D eigenvalue weighted by Crippen LogP contribution is -2.43. The monoisotopic (exact) mass is 460 g/mol. The van der Waals surface area contributed by atoms with E-state index in [2.05, 4.69) is 15.4 Å². The highest BCUT2D eigenvalue weighted by atomic mass is 19.4. The number of carbonyl (C=O) groups is 2. The zero-order valence-electron chi connectivity index (χ0n) is 17.3. The van der Waals surface area contributed by atoms with Crippen LogP contribution in [-0.4, -0.2) is 38.2 Å². The number of aliphatic hydroxyl groups excluding tert-OH is 1. The third-order valence-electron chi connectivity index (χ3n) is 5.32. The number of pyridine rings is 1. The molecule has 0 unspecified atom stereocenters. The van der Waals surface area contributed by atoms with Gasteiger partial charge in [-0.15, -0.1) is 0 Å².